The highest BCUT2D eigenvalue weighted by atomic mass is 79.9. The van der Waals surface area contributed by atoms with Crippen LogP contribution < -0.4 is 0 Å². The van der Waals surface area contributed by atoms with Gasteiger partial charge in [-0.15, -0.1) is 0 Å². The zero-order chi connectivity index (χ0) is 21.5. The van der Waals surface area contributed by atoms with Crippen LogP contribution >= 0.6 is 15.9 Å². The summed E-state index contributed by atoms with van der Waals surface area (Å²) in [6.07, 6.45) is 7.10. The van der Waals surface area contributed by atoms with Crippen molar-refractivity contribution < 1.29 is 9.50 Å². The summed E-state index contributed by atoms with van der Waals surface area (Å²) in [5.74, 6) is 0.349. The van der Waals surface area contributed by atoms with Crippen LogP contribution in [0.25, 0.3) is 21.8 Å². The molecule has 31 heavy (non-hydrogen) atoms. The Kier molecular flexibility index (Phi) is 5.08. The lowest BCUT2D eigenvalue weighted by molar-refractivity contribution is 0.0424. The lowest BCUT2D eigenvalue weighted by atomic mass is 10.1. The summed E-state index contributed by atoms with van der Waals surface area (Å²) in [7, 11) is 0. The van der Waals surface area contributed by atoms with Crippen LogP contribution in [0.1, 0.15) is 11.1 Å². The normalized spacial score (nSPS) is 16.3. The molecule has 1 aliphatic heterocycles. The number of pyridine rings is 1. The molecule has 1 N–H and O–H groups in total. The Labute approximate surface area is 187 Å². The monoisotopic (exact) mass is 478 g/mol. The molecule has 0 saturated heterocycles. The fourth-order valence-corrected chi connectivity index (χ4v) is 4.27. The van der Waals surface area contributed by atoms with E-state index < -0.39 is 6.23 Å². The van der Waals surface area contributed by atoms with Crippen molar-refractivity contribution in [1.29, 1.82) is 0 Å². The molecule has 0 bridgehead atoms. The van der Waals surface area contributed by atoms with Crippen molar-refractivity contribution >= 4 is 43.6 Å². The number of hydrogen-bond acceptors (Lipinski definition) is 4. The number of nitrogens with zero attached hydrogens (tertiary/aromatic N) is 4. The molecular formula is C24H20BrFN4O. The maximum atomic E-state index is 13.8. The number of aliphatic hydroxyl groups excluding tert-OH is 1. The largest absolute Gasteiger partial charge is 0.369 e. The smallest absolute Gasteiger partial charge is 0.162 e. The molecule has 1 atom stereocenters. The minimum atomic E-state index is -0.806. The molecule has 7 heteroatoms. The van der Waals surface area contributed by atoms with Gasteiger partial charge in [0.1, 0.15) is 5.82 Å². The molecule has 5 rings (SSSR count). The van der Waals surface area contributed by atoms with E-state index in [1.807, 2.05) is 35.9 Å². The van der Waals surface area contributed by atoms with Crippen LogP contribution in [0.5, 0.6) is 0 Å². The molecule has 0 saturated carbocycles. The molecule has 0 aliphatic carbocycles. The maximum Gasteiger partial charge on any atom is 0.162 e. The van der Waals surface area contributed by atoms with Gasteiger partial charge in [0.05, 0.1) is 11.0 Å². The lowest BCUT2D eigenvalue weighted by Gasteiger charge is -2.27. The minimum Gasteiger partial charge on any atom is -0.369 e. The van der Waals surface area contributed by atoms with Crippen LogP contribution in [0.4, 0.5) is 4.39 Å². The highest BCUT2D eigenvalue weighted by molar-refractivity contribution is 9.10. The summed E-state index contributed by atoms with van der Waals surface area (Å²) in [4.78, 5) is 4.40. The molecule has 1 unspecified atom stereocenters. The van der Waals surface area contributed by atoms with Crippen LogP contribution in [0.2, 0.25) is 0 Å². The number of halogens is 2. The molecule has 156 valence electrons. The Balaban J connectivity index is 1.41. The average molecular weight is 479 g/mol. The van der Waals surface area contributed by atoms with Crippen LogP contribution in [0.15, 0.2) is 76.6 Å². The second kappa shape index (κ2) is 7.90. The first kappa shape index (κ1) is 19.9. The summed E-state index contributed by atoms with van der Waals surface area (Å²) >= 11 is 3.46. The average Bonchev–Trinajstić information content (AvgIpc) is 3.08. The van der Waals surface area contributed by atoms with Gasteiger partial charge in [0.2, 0.25) is 0 Å². The number of hydrogen-bond donors (Lipinski definition) is 1. The molecule has 5 nitrogen and oxygen atoms in total. The van der Waals surface area contributed by atoms with E-state index in [-0.39, 0.29) is 5.82 Å². The second-order valence-electron chi connectivity index (χ2n) is 7.67. The molecule has 2 aromatic heterocycles. The second-order valence-corrected chi connectivity index (χ2v) is 8.58. The highest BCUT2D eigenvalue weighted by Crippen LogP contribution is 2.24. The van der Waals surface area contributed by atoms with Crippen LogP contribution in [0, 0.1) is 12.7 Å². The third-order valence-electron chi connectivity index (χ3n) is 5.51. The van der Waals surface area contributed by atoms with E-state index in [9.17, 15) is 9.50 Å². The van der Waals surface area contributed by atoms with E-state index in [0.29, 0.717) is 18.8 Å². The van der Waals surface area contributed by atoms with E-state index in [2.05, 4.69) is 32.1 Å². The third kappa shape index (κ3) is 3.86. The van der Waals surface area contributed by atoms with Gasteiger partial charge < -0.3 is 5.11 Å². The van der Waals surface area contributed by atoms with Gasteiger partial charge in [-0.3, -0.25) is 14.6 Å². The van der Waals surface area contributed by atoms with Gasteiger partial charge in [0.25, 0.3) is 0 Å². The van der Waals surface area contributed by atoms with Crippen molar-refractivity contribution in [3.63, 3.8) is 0 Å². The van der Waals surface area contributed by atoms with Gasteiger partial charge in [-0.05, 0) is 89.0 Å². The number of aryl methyl sites for hydroxylation is 1. The lowest BCUT2D eigenvalue weighted by Crippen LogP contribution is -2.35. The van der Waals surface area contributed by atoms with E-state index in [0.717, 1.165) is 37.4 Å². The molecule has 2 aromatic carbocycles. The summed E-state index contributed by atoms with van der Waals surface area (Å²) in [6.45, 7) is 2.53. The van der Waals surface area contributed by atoms with Gasteiger partial charge in [0.15, 0.2) is 12.1 Å². The summed E-state index contributed by atoms with van der Waals surface area (Å²) < 4.78 is 16.6. The summed E-state index contributed by atoms with van der Waals surface area (Å²) in [5, 5.41) is 18.8. The standard InChI is InChI=1S/C24H20BrFN4O/c1-15-14-29(22-12-19(26)3-4-20(15)22)23-6-7-24(31)30(28-23)9-8-16-2-5-21-17(10-16)11-18(25)13-27-21/h2-7,10-14,24,31H,8-9H2,1H3. The molecule has 4 aromatic rings. The number of allylic oxidation sites excluding steroid dienone is 1. The molecule has 1 aliphatic rings. The van der Waals surface area contributed by atoms with Gasteiger partial charge in [-0.1, -0.05) is 6.07 Å². The van der Waals surface area contributed by atoms with Crippen molar-refractivity contribution in [1.82, 2.24) is 14.6 Å². The van der Waals surface area contributed by atoms with Gasteiger partial charge >= 0.3 is 0 Å². The van der Waals surface area contributed by atoms with E-state index >= 15 is 0 Å². The number of rotatable bonds is 3. The predicted octanol–water partition coefficient (Wildman–Crippen LogP) is 4.99. The third-order valence-corrected chi connectivity index (χ3v) is 5.94. The molecular weight excluding hydrogens is 459 g/mol. The first-order valence-corrected chi connectivity index (χ1v) is 10.8. The van der Waals surface area contributed by atoms with E-state index in [4.69, 9.17) is 0 Å². The fourth-order valence-electron chi connectivity index (χ4n) is 3.92. The topological polar surface area (TPSA) is 53.7 Å². The highest BCUT2D eigenvalue weighted by Gasteiger charge is 2.19. The van der Waals surface area contributed by atoms with Crippen LogP contribution in [0.3, 0.4) is 0 Å². The Morgan fingerprint density at radius 2 is 2.03 bits per heavy atom. The SMILES string of the molecule is Cc1cn(C2=NN(CCc3ccc4ncc(Br)cc4c3)C(O)C=C2)c2cc(F)ccc12. The number of benzene rings is 2. The summed E-state index contributed by atoms with van der Waals surface area (Å²) in [5.41, 5.74) is 3.87. The van der Waals surface area contributed by atoms with E-state index in [1.165, 1.54) is 12.1 Å². The van der Waals surface area contributed by atoms with Gasteiger partial charge in [-0.2, -0.15) is 5.10 Å². The van der Waals surface area contributed by atoms with Crippen molar-refractivity contribution in [2.24, 2.45) is 5.10 Å². The maximum absolute atomic E-state index is 13.8. The van der Waals surface area contributed by atoms with E-state index in [1.54, 1.807) is 29.4 Å². The van der Waals surface area contributed by atoms with Crippen LogP contribution in [-0.2, 0) is 6.42 Å². The Bertz CT molecular complexity index is 1360. The zero-order valence-corrected chi connectivity index (χ0v) is 18.4. The molecule has 0 fully saturated rings. The van der Waals surface area contributed by atoms with Gasteiger partial charge in [0, 0.05) is 34.2 Å². The Morgan fingerprint density at radius 3 is 2.90 bits per heavy atom. The first-order chi connectivity index (χ1) is 15.0. The van der Waals surface area contributed by atoms with Crippen LogP contribution in [-0.4, -0.2) is 38.3 Å². The van der Waals surface area contributed by atoms with Crippen molar-refractivity contribution in [3.05, 3.63) is 88.4 Å². The quantitative estimate of drug-likeness (QED) is 0.451. The van der Waals surface area contributed by atoms with Crippen molar-refractivity contribution in [3.8, 4) is 0 Å². The molecule has 3 heterocycles. The van der Waals surface area contributed by atoms with Crippen molar-refractivity contribution in [2.75, 3.05) is 6.54 Å². The summed E-state index contributed by atoms with van der Waals surface area (Å²) in [6, 6.07) is 13.0. The minimum absolute atomic E-state index is 0.290. The first-order valence-electron chi connectivity index (χ1n) is 10.0. The van der Waals surface area contributed by atoms with Gasteiger partial charge in [-0.25, -0.2) is 4.39 Å². The molecule has 0 radical (unpaired) electrons. The zero-order valence-electron chi connectivity index (χ0n) is 16.8. The number of hydrazone groups is 1. The predicted molar refractivity (Wildman–Crippen MR) is 124 cm³/mol. The fraction of sp³-hybridized carbons (Fsp3) is 0.167. The van der Waals surface area contributed by atoms with Crippen molar-refractivity contribution in [2.45, 2.75) is 19.6 Å². The molecule has 0 spiro atoms. The number of aromatic nitrogens is 2. The Hall–Kier alpha value is -3.03. The Morgan fingerprint density at radius 1 is 1.16 bits per heavy atom. The molecule has 0 amide bonds. The number of aliphatic hydroxyl groups is 1. The number of fused-ring (bicyclic) bond motifs is 2.